The Bertz CT molecular complexity index is 726. The first-order valence-electron chi connectivity index (χ1n) is 6.81. The highest BCUT2D eigenvalue weighted by Gasteiger charge is 2.28. The largest absolute Gasteiger partial charge is 0.497 e. The van der Waals surface area contributed by atoms with Gasteiger partial charge in [-0.25, -0.2) is 4.79 Å². The van der Waals surface area contributed by atoms with Crippen LogP contribution in [0.1, 0.15) is 27.1 Å². The average Bonchev–Trinajstić information content (AvgIpc) is 2.55. The molecule has 22 heavy (non-hydrogen) atoms. The van der Waals surface area contributed by atoms with Gasteiger partial charge in [0.2, 0.25) is 0 Å². The van der Waals surface area contributed by atoms with Crippen LogP contribution < -0.4 is 4.74 Å². The summed E-state index contributed by atoms with van der Waals surface area (Å²) in [5.41, 5.74) is 0.605. The Labute approximate surface area is 132 Å². The van der Waals surface area contributed by atoms with Crippen LogP contribution in [0.5, 0.6) is 5.75 Å². The first-order valence-corrected chi connectivity index (χ1v) is 7.69. The van der Waals surface area contributed by atoms with Crippen LogP contribution in [0, 0.1) is 0 Å². The molecule has 0 aliphatic carbocycles. The lowest BCUT2D eigenvalue weighted by Gasteiger charge is -2.23. The molecule has 0 radical (unpaired) electrons. The molecule has 4 nitrogen and oxygen atoms in total. The van der Waals surface area contributed by atoms with Gasteiger partial charge in [0.05, 0.1) is 19.1 Å². The Morgan fingerprint density at radius 2 is 2.05 bits per heavy atom. The van der Waals surface area contributed by atoms with Crippen LogP contribution in [0.2, 0.25) is 0 Å². The highest BCUT2D eigenvalue weighted by molar-refractivity contribution is 8.00. The van der Waals surface area contributed by atoms with E-state index >= 15 is 0 Å². The van der Waals surface area contributed by atoms with E-state index in [9.17, 15) is 9.59 Å². The van der Waals surface area contributed by atoms with Gasteiger partial charge in [-0.1, -0.05) is 36.0 Å². The third-order valence-electron chi connectivity index (χ3n) is 3.35. The van der Waals surface area contributed by atoms with Crippen LogP contribution in [0.4, 0.5) is 0 Å². The fraction of sp³-hybridized carbons (Fsp3) is 0.176. The topological polar surface area (TPSA) is 52.6 Å². The molecule has 2 aromatic carbocycles. The van der Waals surface area contributed by atoms with Crippen LogP contribution in [0.25, 0.3) is 0 Å². The van der Waals surface area contributed by atoms with Gasteiger partial charge >= 0.3 is 5.97 Å². The Balaban J connectivity index is 1.74. The molecule has 0 saturated carbocycles. The van der Waals surface area contributed by atoms with E-state index in [2.05, 4.69) is 0 Å². The summed E-state index contributed by atoms with van der Waals surface area (Å²) in [6.07, 6.45) is 0.137. The standard InChI is InChI=1S/C17H14O4S/c1-20-12-6-4-5-11(9-12)14(18)10-16-21-17(19)13-7-2-3-8-15(13)22-16/h2-9,16H,10H2,1H3. The SMILES string of the molecule is COc1cccc(C(=O)CC2OC(=O)c3ccccc3S2)c1. The first kappa shape index (κ1) is 14.7. The van der Waals surface area contributed by atoms with Gasteiger partial charge in [-0.05, 0) is 24.3 Å². The predicted molar refractivity (Wildman–Crippen MR) is 83.4 cm³/mol. The number of ether oxygens (including phenoxy) is 2. The molecule has 0 spiro atoms. The molecule has 0 bridgehead atoms. The van der Waals surface area contributed by atoms with Crippen LogP contribution in [0.15, 0.2) is 53.4 Å². The van der Waals surface area contributed by atoms with Crippen LogP contribution >= 0.6 is 11.8 Å². The zero-order valence-electron chi connectivity index (χ0n) is 11.9. The number of rotatable bonds is 4. The smallest absolute Gasteiger partial charge is 0.340 e. The molecule has 1 heterocycles. The number of ketones is 1. The number of hydrogen-bond acceptors (Lipinski definition) is 5. The molecule has 112 valence electrons. The van der Waals surface area contributed by atoms with Gasteiger partial charge in [0.25, 0.3) is 0 Å². The van der Waals surface area contributed by atoms with E-state index in [1.807, 2.05) is 12.1 Å². The summed E-state index contributed by atoms with van der Waals surface area (Å²) in [7, 11) is 1.55. The van der Waals surface area contributed by atoms with Crippen molar-refractivity contribution in [1.29, 1.82) is 0 Å². The lowest BCUT2D eigenvalue weighted by molar-refractivity contribution is 0.0428. The Morgan fingerprint density at radius 1 is 1.23 bits per heavy atom. The molecule has 2 aromatic rings. The quantitative estimate of drug-likeness (QED) is 0.638. The monoisotopic (exact) mass is 314 g/mol. The number of methoxy groups -OCH3 is 1. The average molecular weight is 314 g/mol. The van der Waals surface area contributed by atoms with Crippen molar-refractivity contribution in [3.63, 3.8) is 0 Å². The maximum atomic E-state index is 12.3. The minimum absolute atomic E-state index is 0.0800. The molecular formula is C17H14O4S. The second-order valence-corrected chi connectivity index (χ2v) is 6.01. The third kappa shape index (κ3) is 2.99. The molecule has 0 amide bonds. The van der Waals surface area contributed by atoms with E-state index < -0.39 is 5.44 Å². The number of fused-ring (bicyclic) bond motifs is 1. The Morgan fingerprint density at radius 3 is 2.86 bits per heavy atom. The first-order chi connectivity index (χ1) is 10.7. The molecule has 0 aromatic heterocycles. The molecule has 5 heteroatoms. The Kier molecular flexibility index (Phi) is 4.15. The molecular weight excluding hydrogens is 300 g/mol. The van der Waals surface area contributed by atoms with Crippen molar-refractivity contribution in [3.05, 3.63) is 59.7 Å². The number of Topliss-reactive ketones (excluding diaryl/α,β-unsaturated/α-hetero) is 1. The van der Waals surface area contributed by atoms with Crippen LogP contribution in [0.3, 0.4) is 0 Å². The van der Waals surface area contributed by atoms with Crippen molar-refractivity contribution < 1.29 is 19.1 Å². The predicted octanol–water partition coefficient (Wildman–Crippen LogP) is 3.56. The van der Waals surface area contributed by atoms with E-state index in [-0.39, 0.29) is 18.2 Å². The minimum Gasteiger partial charge on any atom is -0.497 e. The van der Waals surface area contributed by atoms with E-state index in [4.69, 9.17) is 9.47 Å². The van der Waals surface area contributed by atoms with Crippen molar-refractivity contribution in [1.82, 2.24) is 0 Å². The lowest BCUT2D eigenvalue weighted by atomic mass is 10.1. The van der Waals surface area contributed by atoms with Gasteiger partial charge in [0.1, 0.15) is 5.75 Å². The van der Waals surface area contributed by atoms with E-state index in [1.54, 1.807) is 43.5 Å². The highest BCUT2D eigenvalue weighted by Crippen LogP contribution is 2.35. The maximum Gasteiger partial charge on any atom is 0.340 e. The fourth-order valence-electron chi connectivity index (χ4n) is 2.24. The summed E-state index contributed by atoms with van der Waals surface area (Å²) < 4.78 is 10.4. The number of esters is 1. The number of benzene rings is 2. The van der Waals surface area contributed by atoms with Gasteiger partial charge < -0.3 is 9.47 Å². The molecule has 0 saturated heterocycles. The summed E-state index contributed by atoms with van der Waals surface area (Å²) in [6, 6.07) is 14.2. The summed E-state index contributed by atoms with van der Waals surface area (Å²) in [5, 5.41) is 0. The summed E-state index contributed by atoms with van der Waals surface area (Å²) >= 11 is 1.40. The zero-order chi connectivity index (χ0) is 15.5. The number of carbonyl (C=O) groups excluding carboxylic acids is 2. The zero-order valence-corrected chi connectivity index (χ0v) is 12.8. The van der Waals surface area contributed by atoms with Crippen molar-refractivity contribution in [2.24, 2.45) is 0 Å². The third-order valence-corrected chi connectivity index (χ3v) is 4.48. The summed E-state index contributed by atoms with van der Waals surface area (Å²) in [5.74, 6) is 0.172. The van der Waals surface area contributed by atoms with Gasteiger partial charge in [0, 0.05) is 10.5 Å². The van der Waals surface area contributed by atoms with Gasteiger partial charge in [0.15, 0.2) is 11.2 Å². The fourth-order valence-corrected chi connectivity index (χ4v) is 3.32. The number of carbonyl (C=O) groups is 2. The minimum atomic E-state index is -0.499. The Hall–Kier alpha value is -2.27. The van der Waals surface area contributed by atoms with Gasteiger partial charge in [-0.15, -0.1) is 0 Å². The number of cyclic esters (lactones) is 1. The van der Waals surface area contributed by atoms with E-state index in [0.717, 1.165) is 4.90 Å². The number of hydrogen-bond donors (Lipinski definition) is 0. The van der Waals surface area contributed by atoms with Gasteiger partial charge in [-0.2, -0.15) is 0 Å². The number of thioether (sulfide) groups is 1. The summed E-state index contributed by atoms with van der Waals surface area (Å²) in [6.45, 7) is 0. The molecule has 1 atom stereocenters. The second kappa shape index (κ2) is 6.23. The van der Waals surface area contributed by atoms with Crippen LogP contribution in [-0.2, 0) is 4.74 Å². The molecule has 1 aliphatic rings. The van der Waals surface area contributed by atoms with E-state index in [1.165, 1.54) is 11.8 Å². The molecule has 0 fully saturated rings. The van der Waals surface area contributed by atoms with Crippen molar-refractivity contribution in [2.75, 3.05) is 7.11 Å². The highest BCUT2D eigenvalue weighted by atomic mass is 32.2. The lowest BCUT2D eigenvalue weighted by Crippen LogP contribution is -2.23. The van der Waals surface area contributed by atoms with Crippen molar-refractivity contribution in [2.45, 2.75) is 16.8 Å². The molecule has 1 aliphatic heterocycles. The summed E-state index contributed by atoms with van der Waals surface area (Å²) in [4.78, 5) is 25.1. The van der Waals surface area contributed by atoms with Crippen molar-refractivity contribution in [3.8, 4) is 5.75 Å². The normalized spacial score (nSPS) is 16.6. The molecule has 1 unspecified atom stereocenters. The van der Waals surface area contributed by atoms with Crippen LogP contribution in [-0.4, -0.2) is 24.3 Å². The second-order valence-electron chi connectivity index (χ2n) is 4.81. The van der Waals surface area contributed by atoms with E-state index in [0.29, 0.717) is 16.9 Å². The molecule has 0 N–H and O–H groups in total. The molecule has 3 rings (SSSR count). The maximum absolute atomic E-state index is 12.3. The van der Waals surface area contributed by atoms with Crippen molar-refractivity contribution >= 4 is 23.5 Å². The van der Waals surface area contributed by atoms with Gasteiger partial charge in [-0.3, -0.25) is 4.79 Å².